The van der Waals surface area contributed by atoms with Gasteiger partial charge in [0.15, 0.2) is 0 Å². The minimum Gasteiger partial charge on any atom is -0.415 e. The van der Waals surface area contributed by atoms with Crippen molar-refractivity contribution in [3.8, 4) is 22.9 Å². The fourth-order valence-electron chi connectivity index (χ4n) is 10.6. The monoisotopic (exact) mass is 1050 g/mol. The van der Waals surface area contributed by atoms with Gasteiger partial charge in [0.2, 0.25) is 31.8 Å². The molecule has 21 heteroatoms. The Balaban J connectivity index is 0.000000194. The lowest BCUT2D eigenvalue weighted by atomic mass is 9.92. The molecule has 4 fully saturated rings. The van der Waals surface area contributed by atoms with E-state index in [-0.39, 0.29) is 37.3 Å². The zero-order chi connectivity index (χ0) is 49.9. The molecular weight excluding hydrogens is 996 g/mol. The molecule has 2 aliphatic heterocycles. The Hall–Kier alpha value is -5.41. The van der Waals surface area contributed by atoms with Crippen molar-refractivity contribution in [2.45, 2.75) is 108 Å². The Morgan fingerprint density at radius 3 is 1.46 bits per heavy atom. The van der Waals surface area contributed by atoms with Crippen LogP contribution in [-0.4, -0.2) is 84.9 Å². The average molecular weight is 1060 g/mol. The number of nitrogens with zero attached hydrogens (tertiary/aromatic N) is 7. The number of benzene rings is 4. The predicted molar refractivity (Wildman–Crippen MR) is 269 cm³/mol. The maximum atomic E-state index is 14.1. The Labute approximate surface area is 424 Å². The van der Waals surface area contributed by atoms with E-state index in [1.807, 2.05) is 56.3 Å². The number of sulfonamides is 2. The summed E-state index contributed by atoms with van der Waals surface area (Å²) in [7, 11) is -7.23. The number of piperidine rings is 2. The summed E-state index contributed by atoms with van der Waals surface area (Å²) in [6.07, 6.45) is 2.06. The number of fused-ring (bicyclic) bond motifs is 2. The summed E-state index contributed by atoms with van der Waals surface area (Å²) in [5, 5.41) is 16.4. The lowest BCUT2D eigenvalue weighted by Gasteiger charge is -2.40. The van der Waals surface area contributed by atoms with Gasteiger partial charge in [-0.1, -0.05) is 55.0 Å². The van der Waals surface area contributed by atoms with Crippen LogP contribution in [-0.2, 0) is 33.1 Å². The zero-order valence-electron chi connectivity index (χ0n) is 40.0. The number of aromatic nitrogens is 4. The van der Waals surface area contributed by atoms with Crippen LogP contribution in [0.5, 0.6) is 0 Å². The molecule has 2 saturated heterocycles. The quantitative estimate of drug-likeness (QED) is 0.0968. The van der Waals surface area contributed by atoms with Crippen LogP contribution in [0, 0.1) is 25.7 Å². The zero-order valence-corrected chi connectivity index (χ0v) is 42.4. The SMILES string of the molecule is Cc1cccc(N(Cc2ccc(-c3nnc(C(F)F)o3)cc2)S(=O)(=O)C2CCN(C3CC4CCC3C4)CC2)c1.Cc1cccc(N(Cc2ccc(-c3nnc(C(F)F)o3)cc2)S(=O)(=O)C2CCNCC2)c1.Cl. The highest BCUT2D eigenvalue weighted by molar-refractivity contribution is 7.93. The Bertz CT molecular complexity index is 2970. The van der Waals surface area contributed by atoms with Crippen molar-refractivity contribution < 1.29 is 43.2 Å². The summed E-state index contributed by atoms with van der Waals surface area (Å²) in [6, 6.07) is 29.3. The summed E-state index contributed by atoms with van der Waals surface area (Å²) in [5.74, 6) is 0.201. The summed E-state index contributed by atoms with van der Waals surface area (Å²) in [6.45, 7) is 7.21. The average Bonchev–Trinajstić information content (AvgIpc) is 4.23. The molecule has 72 heavy (non-hydrogen) atoms. The van der Waals surface area contributed by atoms with Crippen LogP contribution < -0.4 is 13.9 Å². The van der Waals surface area contributed by atoms with Gasteiger partial charge in [-0.05, 0) is 168 Å². The molecule has 0 amide bonds. The molecule has 2 saturated carbocycles. The van der Waals surface area contributed by atoms with E-state index < -0.39 is 55.2 Å². The van der Waals surface area contributed by atoms with Crippen LogP contribution in [0.4, 0.5) is 28.9 Å². The van der Waals surface area contributed by atoms with Gasteiger partial charge in [-0.3, -0.25) is 8.61 Å². The topological polar surface area (TPSA) is 168 Å². The lowest BCUT2D eigenvalue weighted by molar-refractivity contribution is 0.115. The number of nitrogens with one attached hydrogen (secondary N) is 1. The van der Waals surface area contributed by atoms with Gasteiger partial charge < -0.3 is 19.1 Å². The maximum Gasteiger partial charge on any atom is 0.314 e. The maximum absolute atomic E-state index is 14.1. The van der Waals surface area contributed by atoms with Gasteiger partial charge in [0, 0.05) is 17.2 Å². The fraction of sp³-hybridized carbons (Fsp3) is 0.451. The highest BCUT2D eigenvalue weighted by Crippen LogP contribution is 2.47. The molecule has 2 aliphatic carbocycles. The van der Waals surface area contributed by atoms with Crippen molar-refractivity contribution in [2.75, 3.05) is 34.8 Å². The van der Waals surface area contributed by atoms with E-state index in [2.05, 4.69) is 30.6 Å². The van der Waals surface area contributed by atoms with E-state index in [0.717, 1.165) is 47.2 Å². The van der Waals surface area contributed by atoms with Crippen LogP contribution in [0.25, 0.3) is 22.9 Å². The second-order valence-corrected chi connectivity index (χ2v) is 23.4. The molecule has 386 valence electrons. The second-order valence-electron chi connectivity index (χ2n) is 19.1. The largest absolute Gasteiger partial charge is 0.415 e. The molecule has 2 aromatic heterocycles. The van der Waals surface area contributed by atoms with Crippen LogP contribution >= 0.6 is 12.4 Å². The molecule has 4 aromatic carbocycles. The number of hydrogen-bond acceptors (Lipinski definition) is 12. The first-order valence-corrected chi connectivity index (χ1v) is 27.2. The van der Waals surface area contributed by atoms with E-state index in [1.165, 1.54) is 34.3 Å². The van der Waals surface area contributed by atoms with Gasteiger partial charge in [0.25, 0.3) is 11.8 Å². The van der Waals surface area contributed by atoms with Crippen molar-refractivity contribution in [1.29, 1.82) is 0 Å². The molecule has 10 rings (SSSR count). The van der Waals surface area contributed by atoms with Crippen LogP contribution in [0.2, 0.25) is 0 Å². The first kappa shape index (κ1) is 52.9. The molecule has 0 radical (unpaired) electrons. The van der Waals surface area contributed by atoms with E-state index in [9.17, 15) is 34.4 Å². The number of halogens is 5. The lowest BCUT2D eigenvalue weighted by Crippen LogP contribution is -2.49. The van der Waals surface area contributed by atoms with E-state index in [1.54, 1.807) is 54.6 Å². The molecule has 3 unspecified atom stereocenters. The Morgan fingerprint density at radius 1 is 0.611 bits per heavy atom. The summed E-state index contributed by atoms with van der Waals surface area (Å²) >= 11 is 0. The number of rotatable bonds is 15. The standard InChI is InChI=1S/C29H34F2N4O3S.C22H24F2N4O3S.ClH/c1-19-3-2-4-24(15-19)35(18-20-5-8-22(9-6-20)28-32-33-29(38-28)27(30)31)39(36,37)25-11-13-34(14-12-25)26-17-21-7-10-23(26)16-21;1-15-3-2-4-18(13-15)28(32(29,30)19-9-11-25-12-10-19)14-16-5-7-17(8-6-16)21-26-27-22(31-21)20(23)24;/h2-6,8-9,15,21,23,25-27H,7,10-14,16-18H2,1H3;2-8,13,19-20,25H,9-12,14H2,1H3;1H. The van der Waals surface area contributed by atoms with Crippen molar-refractivity contribution in [3.63, 3.8) is 0 Å². The van der Waals surface area contributed by atoms with Crippen LogP contribution in [0.1, 0.15) is 98.3 Å². The normalized spacial score (nSPS) is 19.8. The molecule has 2 bridgehead atoms. The van der Waals surface area contributed by atoms with Gasteiger partial charge in [0.05, 0.1) is 35.0 Å². The van der Waals surface area contributed by atoms with Gasteiger partial charge in [-0.15, -0.1) is 32.8 Å². The number of likely N-dealkylation sites (tertiary alicyclic amines) is 1. The Morgan fingerprint density at radius 2 is 1.07 bits per heavy atom. The molecular formula is C51H59ClF4N8O6S2. The predicted octanol–water partition coefficient (Wildman–Crippen LogP) is 10.5. The smallest absolute Gasteiger partial charge is 0.314 e. The second kappa shape index (κ2) is 22.8. The molecule has 3 atom stereocenters. The summed E-state index contributed by atoms with van der Waals surface area (Å²) < 4.78 is 119. The van der Waals surface area contributed by atoms with Crippen molar-refractivity contribution >= 4 is 43.8 Å². The van der Waals surface area contributed by atoms with Gasteiger partial charge in [-0.2, -0.15) is 17.6 Å². The number of aryl methyl sites for hydroxylation is 2. The van der Waals surface area contributed by atoms with E-state index in [4.69, 9.17) is 8.83 Å². The van der Waals surface area contributed by atoms with Crippen molar-refractivity contribution in [3.05, 3.63) is 131 Å². The molecule has 4 aliphatic rings. The highest BCUT2D eigenvalue weighted by atomic mass is 35.5. The first-order chi connectivity index (χ1) is 34.1. The summed E-state index contributed by atoms with van der Waals surface area (Å²) in [5.41, 5.74) is 5.72. The molecule has 0 spiro atoms. The van der Waals surface area contributed by atoms with Crippen molar-refractivity contribution in [1.82, 2.24) is 30.6 Å². The van der Waals surface area contributed by atoms with E-state index >= 15 is 0 Å². The third kappa shape index (κ3) is 12.0. The van der Waals surface area contributed by atoms with Gasteiger partial charge >= 0.3 is 12.9 Å². The molecule has 4 heterocycles. The Kier molecular flexibility index (Phi) is 16.7. The molecule has 14 nitrogen and oxygen atoms in total. The molecule has 1 N–H and O–H groups in total. The third-order valence-corrected chi connectivity index (χ3v) is 18.8. The first-order valence-electron chi connectivity index (χ1n) is 24.2. The fourth-order valence-corrected chi connectivity index (χ4v) is 14.4. The van der Waals surface area contributed by atoms with Crippen LogP contribution in [0.3, 0.4) is 0 Å². The van der Waals surface area contributed by atoms with Gasteiger partial charge in [-0.25, -0.2) is 16.8 Å². The minimum absolute atomic E-state index is 0. The summed E-state index contributed by atoms with van der Waals surface area (Å²) in [4.78, 5) is 2.56. The van der Waals surface area contributed by atoms with Crippen molar-refractivity contribution in [2.24, 2.45) is 11.8 Å². The highest BCUT2D eigenvalue weighted by Gasteiger charge is 2.44. The van der Waals surface area contributed by atoms with E-state index in [0.29, 0.717) is 67.3 Å². The minimum atomic E-state index is -3.64. The third-order valence-electron chi connectivity index (χ3n) is 14.3. The molecule has 6 aromatic rings. The van der Waals surface area contributed by atoms with Gasteiger partial charge in [0.1, 0.15) is 0 Å². The number of hydrogen-bond donors (Lipinski definition) is 1. The number of anilines is 2. The number of alkyl halides is 4. The van der Waals surface area contributed by atoms with Crippen LogP contribution in [0.15, 0.2) is 106 Å².